The van der Waals surface area contributed by atoms with Gasteiger partial charge in [0.15, 0.2) is 0 Å². The van der Waals surface area contributed by atoms with E-state index in [2.05, 4.69) is 6.07 Å². The van der Waals surface area contributed by atoms with Crippen LogP contribution in [0.1, 0.15) is 48.6 Å². The lowest BCUT2D eigenvalue weighted by Crippen LogP contribution is -2.05. The minimum absolute atomic E-state index is 0.00826. The molecule has 0 aliphatic heterocycles. The predicted octanol–water partition coefficient (Wildman–Crippen LogP) is 3.16. The number of benzene rings is 1. The van der Waals surface area contributed by atoms with Crippen molar-refractivity contribution in [3.05, 3.63) is 35.1 Å². The molecule has 16 heavy (non-hydrogen) atoms. The molecule has 1 fully saturated rings. The Bertz CT molecular complexity index is 398. The van der Waals surface area contributed by atoms with E-state index in [1.54, 1.807) is 6.07 Å². The van der Waals surface area contributed by atoms with Gasteiger partial charge < -0.3 is 5.73 Å². The molecule has 0 amide bonds. The summed E-state index contributed by atoms with van der Waals surface area (Å²) in [6, 6.07) is 5.55. The highest BCUT2D eigenvalue weighted by Crippen LogP contribution is 2.54. The Morgan fingerprint density at radius 3 is 2.81 bits per heavy atom. The van der Waals surface area contributed by atoms with Crippen LogP contribution in [0.15, 0.2) is 18.2 Å². The van der Waals surface area contributed by atoms with Gasteiger partial charge in [-0.1, -0.05) is 12.1 Å². The molecule has 3 rings (SSSR count). The molecule has 0 heterocycles. The molecule has 0 saturated heterocycles. The quantitative estimate of drug-likeness (QED) is 0.830. The number of nitrogens with two attached hydrogens (primary N) is 1. The van der Waals surface area contributed by atoms with Crippen LogP contribution < -0.4 is 5.73 Å². The lowest BCUT2D eigenvalue weighted by Gasteiger charge is -2.10. The van der Waals surface area contributed by atoms with Crippen LogP contribution in [0.5, 0.6) is 0 Å². The fourth-order valence-electron chi connectivity index (χ4n) is 3.25. The van der Waals surface area contributed by atoms with Crippen LogP contribution in [-0.2, 0) is 0 Å². The molecule has 0 radical (unpaired) electrons. The first-order chi connectivity index (χ1) is 7.81. The molecular formula is C14H18FN. The van der Waals surface area contributed by atoms with Crippen molar-refractivity contribution in [2.75, 3.05) is 6.54 Å². The van der Waals surface area contributed by atoms with Gasteiger partial charge in [-0.25, -0.2) is 4.39 Å². The molecule has 86 valence electrons. The summed E-state index contributed by atoms with van der Waals surface area (Å²) in [5.74, 6) is 1.74. The predicted molar refractivity (Wildman–Crippen MR) is 62.9 cm³/mol. The molecule has 1 nitrogen and oxygen atoms in total. The van der Waals surface area contributed by atoms with E-state index >= 15 is 0 Å². The second kappa shape index (κ2) is 3.85. The van der Waals surface area contributed by atoms with Gasteiger partial charge in [0.2, 0.25) is 0 Å². The van der Waals surface area contributed by atoms with Crippen molar-refractivity contribution in [1.29, 1.82) is 0 Å². The molecule has 2 N–H and O–H groups in total. The third-order valence-electron chi connectivity index (χ3n) is 4.14. The first-order valence-electron chi connectivity index (χ1n) is 6.29. The number of halogens is 1. The van der Waals surface area contributed by atoms with Crippen molar-refractivity contribution < 1.29 is 4.39 Å². The Hall–Kier alpha value is -0.890. The molecule has 0 spiro atoms. The van der Waals surface area contributed by atoms with E-state index in [4.69, 9.17) is 5.73 Å². The van der Waals surface area contributed by atoms with Crippen LogP contribution >= 0.6 is 0 Å². The average Bonchev–Trinajstić information content (AvgIpc) is 3.04. The second-order valence-electron chi connectivity index (χ2n) is 5.20. The van der Waals surface area contributed by atoms with E-state index in [1.165, 1.54) is 18.4 Å². The Morgan fingerprint density at radius 2 is 2.12 bits per heavy atom. The van der Waals surface area contributed by atoms with Gasteiger partial charge in [-0.05, 0) is 67.2 Å². The monoisotopic (exact) mass is 219 g/mol. The van der Waals surface area contributed by atoms with E-state index in [9.17, 15) is 4.39 Å². The first-order valence-corrected chi connectivity index (χ1v) is 6.29. The molecular weight excluding hydrogens is 201 g/mol. The van der Waals surface area contributed by atoms with Gasteiger partial charge in [-0.2, -0.15) is 0 Å². The largest absolute Gasteiger partial charge is 0.330 e. The summed E-state index contributed by atoms with van der Waals surface area (Å²) in [7, 11) is 0. The fourth-order valence-corrected chi connectivity index (χ4v) is 3.25. The van der Waals surface area contributed by atoms with E-state index in [1.807, 2.05) is 6.07 Å². The third kappa shape index (κ3) is 1.56. The van der Waals surface area contributed by atoms with Gasteiger partial charge >= 0.3 is 0 Å². The highest BCUT2D eigenvalue weighted by Gasteiger charge is 2.41. The summed E-state index contributed by atoms with van der Waals surface area (Å²) in [4.78, 5) is 0. The second-order valence-corrected chi connectivity index (χ2v) is 5.20. The standard InChI is InChI=1S/C14H18FN/c15-13-3-1-2-11-10(6-7-16)8-12(14(11)13)9-4-5-9/h1-3,9-10,12H,4-8,16H2. The summed E-state index contributed by atoms with van der Waals surface area (Å²) in [6.07, 6.45) is 4.69. The highest BCUT2D eigenvalue weighted by molar-refractivity contribution is 5.40. The lowest BCUT2D eigenvalue weighted by atomic mass is 9.95. The normalized spacial score (nSPS) is 28.1. The zero-order valence-electron chi connectivity index (χ0n) is 9.45. The lowest BCUT2D eigenvalue weighted by molar-refractivity contribution is 0.508. The Kier molecular flexibility index (Phi) is 2.47. The van der Waals surface area contributed by atoms with Crippen molar-refractivity contribution in [3.63, 3.8) is 0 Å². The topological polar surface area (TPSA) is 26.0 Å². The summed E-state index contributed by atoms with van der Waals surface area (Å²) in [5, 5.41) is 0. The van der Waals surface area contributed by atoms with E-state index in [-0.39, 0.29) is 5.82 Å². The Labute approximate surface area is 95.8 Å². The van der Waals surface area contributed by atoms with Gasteiger partial charge in [-0.3, -0.25) is 0 Å². The molecule has 2 aliphatic carbocycles. The average molecular weight is 219 g/mol. The van der Waals surface area contributed by atoms with Crippen LogP contribution in [0.2, 0.25) is 0 Å². The number of fused-ring (bicyclic) bond motifs is 1. The third-order valence-corrected chi connectivity index (χ3v) is 4.14. The molecule has 2 atom stereocenters. The van der Waals surface area contributed by atoms with Crippen molar-refractivity contribution in [2.45, 2.75) is 37.5 Å². The van der Waals surface area contributed by atoms with E-state index < -0.39 is 0 Å². The minimum Gasteiger partial charge on any atom is -0.330 e. The summed E-state index contributed by atoms with van der Waals surface area (Å²) < 4.78 is 13.9. The molecule has 1 aromatic carbocycles. The highest BCUT2D eigenvalue weighted by atomic mass is 19.1. The van der Waals surface area contributed by atoms with Crippen LogP contribution in [0.25, 0.3) is 0 Å². The van der Waals surface area contributed by atoms with E-state index in [0.717, 1.165) is 24.3 Å². The maximum absolute atomic E-state index is 13.9. The molecule has 2 heteroatoms. The maximum atomic E-state index is 13.9. The van der Waals surface area contributed by atoms with Crippen LogP contribution in [0.3, 0.4) is 0 Å². The van der Waals surface area contributed by atoms with Gasteiger partial charge in [-0.15, -0.1) is 0 Å². The number of hydrogen-bond acceptors (Lipinski definition) is 1. The van der Waals surface area contributed by atoms with Gasteiger partial charge in [0.25, 0.3) is 0 Å². The van der Waals surface area contributed by atoms with Crippen LogP contribution in [-0.4, -0.2) is 6.54 Å². The first kappa shape index (κ1) is 10.3. The number of rotatable bonds is 3. The molecule has 1 saturated carbocycles. The van der Waals surface area contributed by atoms with Crippen molar-refractivity contribution >= 4 is 0 Å². The SMILES string of the molecule is NCCC1CC(C2CC2)c2c(F)cccc21. The van der Waals surface area contributed by atoms with Gasteiger partial charge in [0, 0.05) is 0 Å². The Morgan fingerprint density at radius 1 is 1.31 bits per heavy atom. The zero-order valence-corrected chi connectivity index (χ0v) is 9.45. The van der Waals surface area contributed by atoms with Crippen molar-refractivity contribution in [2.24, 2.45) is 11.7 Å². The van der Waals surface area contributed by atoms with Gasteiger partial charge in [0.05, 0.1) is 0 Å². The van der Waals surface area contributed by atoms with Crippen molar-refractivity contribution in [1.82, 2.24) is 0 Å². The Balaban J connectivity index is 1.99. The summed E-state index contributed by atoms with van der Waals surface area (Å²) in [6.45, 7) is 0.706. The molecule has 1 aromatic rings. The zero-order chi connectivity index (χ0) is 11.1. The molecule has 0 aromatic heterocycles. The summed E-state index contributed by atoms with van der Waals surface area (Å²) in [5.41, 5.74) is 7.90. The van der Waals surface area contributed by atoms with Crippen LogP contribution in [0.4, 0.5) is 4.39 Å². The number of hydrogen-bond donors (Lipinski definition) is 1. The smallest absolute Gasteiger partial charge is 0.126 e. The molecule has 0 bridgehead atoms. The molecule has 2 aliphatic rings. The molecule has 2 unspecified atom stereocenters. The van der Waals surface area contributed by atoms with Crippen molar-refractivity contribution in [3.8, 4) is 0 Å². The maximum Gasteiger partial charge on any atom is 0.126 e. The summed E-state index contributed by atoms with van der Waals surface area (Å²) >= 11 is 0. The fraction of sp³-hybridized carbons (Fsp3) is 0.571. The minimum atomic E-state index is 0.00826. The van der Waals surface area contributed by atoms with Crippen LogP contribution in [0, 0.1) is 11.7 Å². The van der Waals surface area contributed by atoms with Gasteiger partial charge in [0.1, 0.15) is 5.82 Å². The van der Waals surface area contributed by atoms with E-state index in [0.29, 0.717) is 18.4 Å².